The number of amides is 1. The van der Waals surface area contributed by atoms with E-state index in [-0.39, 0.29) is 11.7 Å². The topological polar surface area (TPSA) is 116 Å². The predicted molar refractivity (Wildman–Crippen MR) is 114 cm³/mol. The molecule has 0 aliphatic carbocycles. The summed E-state index contributed by atoms with van der Waals surface area (Å²) in [5.41, 5.74) is 10.0. The Kier molecular flexibility index (Phi) is 4.70. The van der Waals surface area contributed by atoms with Crippen molar-refractivity contribution in [2.24, 2.45) is 10.2 Å². The zero-order valence-corrected chi connectivity index (χ0v) is 15.7. The first-order chi connectivity index (χ1) is 14.0. The minimum Gasteiger partial charge on any atom is -0.505 e. The van der Waals surface area contributed by atoms with Crippen LogP contribution < -0.4 is 11.1 Å². The number of aryl methyl sites for hydroxylation is 1. The Hall–Kier alpha value is -4.13. The number of carbonyl (C=O) groups excluding carboxylic acids is 1. The minimum absolute atomic E-state index is 0.207. The van der Waals surface area contributed by atoms with Gasteiger partial charge in [0.05, 0.1) is 28.3 Å². The number of hydrogen-bond donors (Lipinski definition) is 4. The number of nitrogens with two attached hydrogens (primary N) is 1. The van der Waals surface area contributed by atoms with Gasteiger partial charge in [-0.1, -0.05) is 12.1 Å². The van der Waals surface area contributed by atoms with Gasteiger partial charge in [0.2, 0.25) is 0 Å². The van der Waals surface area contributed by atoms with Crippen LogP contribution in [0, 0.1) is 6.92 Å². The molecule has 5 N–H and O–H groups in total. The lowest BCUT2D eigenvalue weighted by atomic mass is 10.1. The molecule has 7 heteroatoms. The van der Waals surface area contributed by atoms with Crippen molar-refractivity contribution in [1.82, 2.24) is 4.98 Å². The van der Waals surface area contributed by atoms with Crippen molar-refractivity contribution in [3.05, 3.63) is 78.0 Å². The SMILES string of the molecule is Cc1cc(N=Nc2ccc(C(=O)Nc3ccccc3N)cc2)c2cc[nH]c2c1O. The van der Waals surface area contributed by atoms with E-state index < -0.39 is 0 Å². The first-order valence-corrected chi connectivity index (χ1v) is 9.00. The van der Waals surface area contributed by atoms with E-state index in [1.165, 1.54) is 0 Å². The van der Waals surface area contributed by atoms with Gasteiger partial charge in [-0.15, -0.1) is 5.11 Å². The molecule has 0 saturated carbocycles. The number of aromatic amines is 1. The molecule has 1 amide bonds. The van der Waals surface area contributed by atoms with E-state index in [0.29, 0.717) is 39.4 Å². The van der Waals surface area contributed by atoms with Gasteiger partial charge < -0.3 is 21.1 Å². The second-order valence-electron chi connectivity index (χ2n) is 6.62. The fourth-order valence-corrected chi connectivity index (χ4v) is 3.01. The normalized spacial score (nSPS) is 11.2. The van der Waals surface area contributed by atoms with Crippen LogP contribution in [0.25, 0.3) is 10.9 Å². The van der Waals surface area contributed by atoms with Gasteiger partial charge in [-0.2, -0.15) is 5.11 Å². The summed E-state index contributed by atoms with van der Waals surface area (Å²) >= 11 is 0. The Labute approximate surface area is 166 Å². The van der Waals surface area contributed by atoms with E-state index in [9.17, 15) is 9.90 Å². The summed E-state index contributed by atoms with van der Waals surface area (Å²) in [6.07, 6.45) is 1.75. The van der Waals surface area contributed by atoms with Crippen molar-refractivity contribution in [3.8, 4) is 5.75 Å². The maximum absolute atomic E-state index is 12.4. The Morgan fingerprint density at radius 3 is 2.59 bits per heavy atom. The van der Waals surface area contributed by atoms with E-state index in [4.69, 9.17) is 5.73 Å². The predicted octanol–water partition coefficient (Wildman–Crippen LogP) is 5.43. The van der Waals surface area contributed by atoms with Crippen molar-refractivity contribution < 1.29 is 9.90 Å². The number of carbonyl (C=O) groups is 1. The van der Waals surface area contributed by atoms with E-state index in [2.05, 4.69) is 20.5 Å². The molecule has 0 aliphatic heterocycles. The number of nitrogens with zero attached hydrogens (tertiary/aromatic N) is 2. The summed E-state index contributed by atoms with van der Waals surface area (Å²) in [7, 11) is 0. The summed E-state index contributed by atoms with van der Waals surface area (Å²) in [4.78, 5) is 15.4. The lowest BCUT2D eigenvalue weighted by Crippen LogP contribution is -2.12. The number of H-pyrrole nitrogens is 1. The Balaban J connectivity index is 1.53. The Morgan fingerprint density at radius 2 is 1.83 bits per heavy atom. The van der Waals surface area contributed by atoms with Gasteiger partial charge in [-0.3, -0.25) is 4.79 Å². The molecular formula is C22H19N5O2. The summed E-state index contributed by atoms with van der Waals surface area (Å²) in [6.45, 7) is 1.81. The van der Waals surface area contributed by atoms with Gasteiger partial charge in [-0.25, -0.2) is 0 Å². The fourth-order valence-electron chi connectivity index (χ4n) is 3.01. The third-order valence-electron chi connectivity index (χ3n) is 4.60. The second-order valence-corrected chi connectivity index (χ2v) is 6.62. The van der Waals surface area contributed by atoms with Crippen molar-refractivity contribution in [1.29, 1.82) is 0 Å². The molecule has 0 fully saturated rings. The molecule has 144 valence electrons. The lowest BCUT2D eigenvalue weighted by molar-refractivity contribution is 0.102. The average molecular weight is 385 g/mol. The van der Waals surface area contributed by atoms with Crippen LogP contribution in [-0.4, -0.2) is 16.0 Å². The number of azo groups is 1. The van der Waals surface area contributed by atoms with Gasteiger partial charge >= 0.3 is 0 Å². The highest BCUT2D eigenvalue weighted by atomic mass is 16.3. The summed E-state index contributed by atoms with van der Waals surface area (Å²) in [5, 5.41) is 22.2. The van der Waals surface area contributed by atoms with Crippen LogP contribution >= 0.6 is 0 Å². The van der Waals surface area contributed by atoms with Gasteiger partial charge in [0.25, 0.3) is 5.91 Å². The Bertz CT molecular complexity index is 1230. The molecule has 0 radical (unpaired) electrons. The lowest BCUT2D eigenvalue weighted by Gasteiger charge is -2.07. The number of rotatable bonds is 4. The second kappa shape index (κ2) is 7.47. The van der Waals surface area contributed by atoms with Gasteiger partial charge in [0.15, 0.2) is 0 Å². The first-order valence-electron chi connectivity index (χ1n) is 9.00. The number of aromatic nitrogens is 1. The highest BCUT2D eigenvalue weighted by Gasteiger charge is 2.10. The third kappa shape index (κ3) is 3.66. The van der Waals surface area contributed by atoms with E-state index in [1.807, 2.05) is 25.1 Å². The number of nitrogens with one attached hydrogen (secondary N) is 2. The molecule has 3 aromatic carbocycles. The summed E-state index contributed by atoms with van der Waals surface area (Å²) < 4.78 is 0. The molecule has 0 unspecified atom stereocenters. The zero-order chi connectivity index (χ0) is 20.4. The standard InChI is InChI=1S/C22H19N5O2/c1-13-12-19(16-10-11-24-20(16)21(13)28)27-26-15-8-6-14(7-9-15)22(29)25-18-5-3-2-4-17(18)23/h2-12,24,28H,23H2,1H3,(H,25,29). The maximum atomic E-state index is 12.4. The molecular weight excluding hydrogens is 366 g/mol. The van der Waals surface area contributed by atoms with Gasteiger partial charge in [-0.05, 0) is 61.0 Å². The highest BCUT2D eigenvalue weighted by Crippen LogP contribution is 2.35. The number of phenols is 1. The van der Waals surface area contributed by atoms with Crippen LogP contribution in [0.5, 0.6) is 5.75 Å². The van der Waals surface area contributed by atoms with Gasteiger partial charge in [0, 0.05) is 17.1 Å². The summed E-state index contributed by atoms with van der Waals surface area (Å²) in [6, 6.07) is 17.5. The van der Waals surface area contributed by atoms with Crippen LogP contribution in [0.2, 0.25) is 0 Å². The van der Waals surface area contributed by atoms with E-state index in [0.717, 1.165) is 5.39 Å². The van der Waals surface area contributed by atoms with Crippen LogP contribution in [0.4, 0.5) is 22.7 Å². The monoisotopic (exact) mass is 385 g/mol. The zero-order valence-electron chi connectivity index (χ0n) is 15.7. The number of aromatic hydroxyl groups is 1. The number of phenolic OH excluding ortho intramolecular Hbond substituents is 1. The molecule has 0 spiro atoms. The number of para-hydroxylation sites is 2. The molecule has 29 heavy (non-hydrogen) atoms. The number of benzene rings is 3. The smallest absolute Gasteiger partial charge is 0.255 e. The van der Waals surface area contributed by atoms with E-state index in [1.54, 1.807) is 48.7 Å². The molecule has 0 atom stereocenters. The minimum atomic E-state index is -0.255. The van der Waals surface area contributed by atoms with Crippen LogP contribution in [-0.2, 0) is 0 Å². The van der Waals surface area contributed by atoms with Crippen molar-refractivity contribution in [2.45, 2.75) is 6.92 Å². The third-order valence-corrected chi connectivity index (χ3v) is 4.60. The molecule has 7 nitrogen and oxygen atoms in total. The number of fused-ring (bicyclic) bond motifs is 1. The molecule has 1 aromatic heterocycles. The molecule has 0 aliphatic rings. The molecule has 4 rings (SSSR count). The Morgan fingerprint density at radius 1 is 1.07 bits per heavy atom. The van der Waals surface area contributed by atoms with Crippen molar-refractivity contribution >= 4 is 39.6 Å². The molecule has 0 saturated heterocycles. The van der Waals surface area contributed by atoms with Crippen LogP contribution in [0.15, 0.2) is 77.1 Å². The average Bonchev–Trinajstić information content (AvgIpc) is 3.22. The number of anilines is 2. The molecule has 1 heterocycles. The van der Waals surface area contributed by atoms with Crippen LogP contribution in [0.1, 0.15) is 15.9 Å². The maximum Gasteiger partial charge on any atom is 0.255 e. The first kappa shape index (κ1) is 18.2. The van der Waals surface area contributed by atoms with Gasteiger partial charge in [0.1, 0.15) is 5.75 Å². The van der Waals surface area contributed by atoms with Crippen molar-refractivity contribution in [3.63, 3.8) is 0 Å². The largest absolute Gasteiger partial charge is 0.505 e. The fraction of sp³-hybridized carbons (Fsp3) is 0.0455. The quantitative estimate of drug-likeness (QED) is 0.277. The number of nitrogen functional groups attached to an aromatic ring is 1. The van der Waals surface area contributed by atoms with Crippen molar-refractivity contribution in [2.75, 3.05) is 11.1 Å². The van der Waals surface area contributed by atoms with Crippen LogP contribution in [0.3, 0.4) is 0 Å². The molecule has 4 aromatic rings. The summed E-state index contributed by atoms with van der Waals surface area (Å²) in [5.74, 6) is -0.0482. The number of hydrogen-bond acceptors (Lipinski definition) is 5. The van der Waals surface area contributed by atoms with E-state index >= 15 is 0 Å². The molecule has 0 bridgehead atoms. The highest BCUT2D eigenvalue weighted by molar-refractivity contribution is 6.05.